The number of H-pyrrole nitrogens is 1. The largest absolute Gasteiger partial charge is 0.457 e. The maximum Gasteiger partial charge on any atom is 0.319 e. The van der Waals surface area contributed by atoms with E-state index in [1.807, 2.05) is 85.9 Å². The van der Waals surface area contributed by atoms with Crippen LogP contribution in [0, 0.1) is 18.3 Å². The number of nitriles is 1. The summed E-state index contributed by atoms with van der Waals surface area (Å²) in [7, 11) is 0. The van der Waals surface area contributed by atoms with Gasteiger partial charge in [-0.3, -0.25) is 0 Å². The zero-order valence-corrected chi connectivity index (χ0v) is 22.3. The molecule has 0 spiro atoms. The van der Waals surface area contributed by atoms with Crippen LogP contribution in [0.4, 0.5) is 21.9 Å². The average molecular weight is 542 g/mol. The second-order valence-electron chi connectivity index (χ2n) is 9.56. The van der Waals surface area contributed by atoms with Crippen molar-refractivity contribution in [2.75, 3.05) is 17.2 Å². The molecule has 3 aromatic carbocycles. The lowest BCUT2D eigenvalue weighted by Crippen LogP contribution is -2.30. The van der Waals surface area contributed by atoms with Crippen LogP contribution in [0.2, 0.25) is 0 Å². The number of fused-ring (bicyclic) bond motifs is 2. The highest BCUT2D eigenvalue weighted by Crippen LogP contribution is 2.33. The van der Waals surface area contributed by atoms with E-state index in [0.29, 0.717) is 41.2 Å². The minimum Gasteiger partial charge on any atom is -0.457 e. The number of nitrogens with one attached hydrogen (secondary N) is 4. The van der Waals surface area contributed by atoms with Gasteiger partial charge in [0.2, 0.25) is 0 Å². The van der Waals surface area contributed by atoms with E-state index in [2.05, 4.69) is 38.2 Å². The Morgan fingerprint density at radius 2 is 1.78 bits per heavy atom. The fraction of sp³-hybridized carbons (Fsp3) is 0.0938. The number of amides is 2. The first kappa shape index (κ1) is 25.5. The van der Waals surface area contributed by atoms with Gasteiger partial charge in [0.25, 0.3) is 0 Å². The molecule has 0 saturated carbocycles. The standard InChI is InChI=1S/C32H27N7O2/c1-21-29(38-32(40)34-16-15-22-18-35-28-10-6-5-9-27(22)28)20-39-31(21)30(23(17-33)19-36-39)37-24-11-13-26(14-12-24)41-25-7-3-2-4-8-25/h2-14,18-20,35,37H,15-16H2,1H3,(H2,34,38,40). The molecule has 4 N–H and O–H groups in total. The quantitative estimate of drug-likeness (QED) is 0.167. The lowest BCUT2D eigenvalue weighted by molar-refractivity contribution is 0.252. The topological polar surface area (TPSA) is 119 Å². The maximum absolute atomic E-state index is 12.8. The number of benzene rings is 3. The number of nitrogens with zero attached hydrogens (tertiary/aromatic N) is 3. The van der Waals surface area contributed by atoms with Crippen LogP contribution in [0.1, 0.15) is 16.7 Å². The molecule has 9 nitrogen and oxygen atoms in total. The number of aromatic amines is 1. The van der Waals surface area contributed by atoms with Crippen molar-refractivity contribution in [3.05, 3.63) is 114 Å². The van der Waals surface area contributed by atoms with E-state index in [1.165, 1.54) is 6.20 Å². The van der Waals surface area contributed by atoms with Gasteiger partial charge in [0.1, 0.15) is 17.6 Å². The SMILES string of the molecule is Cc1c(NC(=O)NCCc2c[nH]c3ccccc23)cn2ncc(C#N)c(Nc3ccc(Oc4ccccc4)cc3)c12. The summed E-state index contributed by atoms with van der Waals surface area (Å²) in [5.74, 6) is 1.45. The van der Waals surface area contributed by atoms with Crippen LogP contribution in [-0.2, 0) is 6.42 Å². The molecule has 0 atom stereocenters. The lowest BCUT2D eigenvalue weighted by Gasteiger charge is -2.12. The molecule has 0 aliphatic carbocycles. The molecule has 41 heavy (non-hydrogen) atoms. The molecule has 0 unspecified atom stereocenters. The first-order chi connectivity index (χ1) is 20.1. The van der Waals surface area contributed by atoms with Crippen LogP contribution in [0.15, 0.2) is 97.5 Å². The molecule has 9 heteroatoms. The van der Waals surface area contributed by atoms with Crippen molar-refractivity contribution in [3.63, 3.8) is 0 Å². The number of anilines is 3. The van der Waals surface area contributed by atoms with Crippen LogP contribution in [-0.4, -0.2) is 27.2 Å². The normalized spacial score (nSPS) is 10.8. The summed E-state index contributed by atoms with van der Waals surface area (Å²) < 4.78 is 7.54. The number of rotatable bonds is 8. The fourth-order valence-corrected chi connectivity index (χ4v) is 4.82. The zero-order valence-electron chi connectivity index (χ0n) is 22.3. The summed E-state index contributed by atoms with van der Waals surface area (Å²) in [6, 6.07) is 27.0. The number of hydrogen-bond donors (Lipinski definition) is 4. The highest BCUT2D eigenvalue weighted by Gasteiger charge is 2.17. The van der Waals surface area contributed by atoms with Gasteiger partial charge in [0, 0.05) is 34.9 Å². The molecule has 0 aliphatic rings. The summed E-state index contributed by atoms with van der Waals surface area (Å²) in [6.45, 7) is 2.37. The van der Waals surface area contributed by atoms with Crippen molar-refractivity contribution in [3.8, 4) is 17.6 Å². The minimum atomic E-state index is -0.312. The van der Waals surface area contributed by atoms with E-state index >= 15 is 0 Å². The Morgan fingerprint density at radius 1 is 1.02 bits per heavy atom. The number of carbonyl (C=O) groups excluding carboxylic acids is 1. The summed E-state index contributed by atoms with van der Waals surface area (Å²) in [6.07, 6.45) is 5.93. The Labute approximate surface area is 236 Å². The van der Waals surface area contributed by atoms with Gasteiger partial charge >= 0.3 is 6.03 Å². The van der Waals surface area contributed by atoms with Crippen LogP contribution >= 0.6 is 0 Å². The van der Waals surface area contributed by atoms with Gasteiger partial charge in [-0.2, -0.15) is 10.4 Å². The van der Waals surface area contributed by atoms with Crippen molar-refractivity contribution >= 4 is 39.5 Å². The number of carbonyl (C=O) groups is 1. The van der Waals surface area contributed by atoms with Crippen molar-refractivity contribution in [1.82, 2.24) is 19.9 Å². The van der Waals surface area contributed by atoms with Gasteiger partial charge in [-0.15, -0.1) is 0 Å². The number of hydrogen-bond acceptors (Lipinski definition) is 5. The molecule has 0 bridgehead atoms. The summed E-state index contributed by atoms with van der Waals surface area (Å²) in [4.78, 5) is 16.0. The molecule has 3 aromatic heterocycles. The molecule has 6 rings (SSSR count). The zero-order chi connectivity index (χ0) is 28.2. The predicted molar refractivity (Wildman–Crippen MR) is 160 cm³/mol. The van der Waals surface area contributed by atoms with E-state index in [9.17, 15) is 10.1 Å². The first-order valence-electron chi connectivity index (χ1n) is 13.2. The Balaban J connectivity index is 1.16. The Hall–Kier alpha value is -5.75. The molecule has 202 valence electrons. The van der Waals surface area contributed by atoms with E-state index < -0.39 is 0 Å². The molecule has 0 aliphatic heterocycles. The highest BCUT2D eigenvalue weighted by molar-refractivity contribution is 5.95. The highest BCUT2D eigenvalue weighted by atomic mass is 16.5. The molecular formula is C32H27N7O2. The summed E-state index contributed by atoms with van der Waals surface area (Å²) >= 11 is 0. The lowest BCUT2D eigenvalue weighted by atomic mass is 10.1. The monoisotopic (exact) mass is 541 g/mol. The molecular weight excluding hydrogens is 514 g/mol. The van der Waals surface area contributed by atoms with E-state index in [1.54, 1.807) is 10.7 Å². The van der Waals surface area contributed by atoms with Crippen LogP contribution in [0.5, 0.6) is 11.5 Å². The van der Waals surface area contributed by atoms with Gasteiger partial charge < -0.3 is 25.7 Å². The van der Waals surface area contributed by atoms with Crippen molar-refractivity contribution < 1.29 is 9.53 Å². The smallest absolute Gasteiger partial charge is 0.319 e. The molecule has 6 aromatic rings. The number of ether oxygens (including phenoxy) is 1. The van der Waals surface area contributed by atoms with E-state index in [4.69, 9.17) is 4.74 Å². The third kappa shape index (κ3) is 5.40. The molecule has 0 fully saturated rings. The Kier molecular flexibility index (Phi) is 6.95. The third-order valence-electron chi connectivity index (χ3n) is 6.88. The summed E-state index contributed by atoms with van der Waals surface area (Å²) in [5.41, 5.74) is 6.08. The summed E-state index contributed by atoms with van der Waals surface area (Å²) in [5, 5.41) is 24.6. The van der Waals surface area contributed by atoms with Crippen molar-refractivity contribution in [1.29, 1.82) is 5.26 Å². The van der Waals surface area contributed by atoms with E-state index in [0.717, 1.165) is 33.5 Å². The number of aromatic nitrogens is 3. The second-order valence-corrected chi connectivity index (χ2v) is 9.56. The minimum absolute atomic E-state index is 0.312. The van der Waals surface area contributed by atoms with Gasteiger partial charge in [-0.25, -0.2) is 9.31 Å². The maximum atomic E-state index is 12.8. The number of urea groups is 1. The molecule has 2 amide bonds. The Morgan fingerprint density at radius 3 is 2.59 bits per heavy atom. The van der Waals surface area contributed by atoms with Gasteiger partial charge in [0.05, 0.1) is 34.8 Å². The second kappa shape index (κ2) is 11.2. The average Bonchev–Trinajstić information content (AvgIpc) is 3.55. The van der Waals surface area contributed by atoms with Gasteiger partial charge in [0.15, 0.2) is 0 Å². The predicted octanol–water partition coefficient (Wildman–Crippen LogP) is 6.90. The number of aryl methyl sites for hydroxylation is 1. The molecule has 0 saturated heterocycles. The van der Waals surface area contributed by atoms with Crippen molar-refractivity contribution in [2.45, 2.75) is 13.3 Å². The molecule has 3 heterocycles. The van der Waals surface area contributed by atoms with Crippen LogP contribution < -0.4 is 20.7 Å². The third-order valence-corrected chi connectivity index (χ3v) is 6.88. The first-order valence-corrected chi connectivity index (χ1v) is 13.2. The van der Waals surface area contributed by atoms with Gasteiger partial charge in [-0.05, 0) is 61.4 Å². The van der Waals surface area contributed by atoms with Crippen LogP contribution in [0.3, 0.4) is 0 Å². The van der Waals surface area contributed by atoms with E-state index in [-0.39, 0.29) is 6.03 Å². The van der Waals surface area contributed by atoms with Crippen molar-refractivity contribution in [2.24, 2.45) is 0 Å². The van der Waals surface area contributed by atoms with Crippen LogP contribution in [0.25, 0.3) is 16.4 Å². The number of para-hydroxylation sites is 2. The Bertz CT molecular complexity index is 1880. The molecule has 0 radical (unpaired) electrons. The van der Waals surface area contributed by atoms with Gasteiger partial charge in [-0.1, -0.05) is 36.4 Å². The fourth-order valence-electron chi connectivity index (χ4n) is 4.82.